The number of esters is 1. The fraction of sp³-hybridized carbons (Fsp3) is 0.312. The minimum Gasteiger partial charge on any atom is -0.452 e. The van der Waals surface area contributed by atoms with Crippen LogP contribution in [0.15, 0.2) is 28.7 Å². The SMILES string of the molecule is Cc1ccc(/C=C/C(=O)OCC(=O)NC(=O)NC2CC2)c(Br)c1. The monoisotopic (exact) mass is 380 g/mol. The third-order valence-corrected chi connectivity index (χ3v) is 3.75. The fourth-order valence-corrected chi connectivity index (χ4v) is 2.35. The molecule has 1 aliphatic rings. The van der Waals surface area contributed by atoms with E-state index in [1.54, 1.807) is 6.08 Å². The van der Waals surface area contributed by atoms with Gasteiger partial charge in [-0.25, -0.2) is 9.59 Å². The first-order valence-corrected chi connectivity index (χ1v) is 7.94. The Morgan fingerprint density at radius 3 is 2.74 bits per heavy atom. The standard InChI is InChI=1S/C16H17BrN2O4/c1-10-2-3-11(13(17)8-10)4-7-15(21)23-9-14(20)19-16(22)18-12-5-6-12/h2-4,7-8,12H,5-6,9H2,1H3,(H2,18,19,20,22)/b7-4+. The van der Waals surface area contributed by atoms with E-state index in [-0.39, 0.29) is 6.04 Å². The normalized spacial score (nSPS) is 13.7. The lowest BCUT2D eigenvalue weighted by atomic mass is 10.1. The smallest absolute Gasteiger partial charge is 0.331 e. The maximum Gasteiger partial charge on any atom is 0.331 e. The number of hydrogen-bond acceptors (Lipinski definition) is 4. The third kappa shape index (κ3) is 6.23. The number of nitrogens with one attached hydrogen (secondary N) is 2. The molecule has 23 heavy (non-hydrogen) atoms. The van der Waals surface area contributed by atoms with Crippen LogP contribution in [-0.4, -0.2) is 30.6 Å². The first kappa shape index (κ1) is 17.2. The number of halogens is 1. The molecular weight excluding hydrogens is 364 g/mol. The van der Waals surface area contributed by atoms with Crippen molar-refractivity contribution >= 4 is 39.9 Å². The highest BCUT2D eigenvalue weighted by Crippen LogP contribution is 2.19. The molecule has 1 aromatic rings. The van der Waals surface area contributed by atoms with Crippen molar-refractivity contribution in [3.63, 3.8) is 0 Å². The summed E-state index contributed by atoms with van der Waals surface area (Å²) in [7, 11) is 0. The van der Waals surface area contributed by atoms with Crippen LogP contribution in [-0.2, 0) is 14.3 Å². The summed E-state index contributed by atoms with van der Waals surface area (Å²) in [5, 5.41) is 4.70. The lowest BCUT2D eigenvalue weighted by Gasteiger charge is -2.05. The van der Waals surface area contributed by atoms with Crippen LogP contribution in [0.25, 0.3) is 6.08 Å². The van der Waals surface area contributed by atoms with Gasteiger partial charge >= 0.3 is 12.0 Å². The second-order valence-electron chi connectivity index (χ2n) is 5.26. The molecule has 0 saturated heterocycles. The molecule has 0 heterocycles. The zero-order valence-electron chi connectivity index (χ0n) is 12.6. The van der Waals surface area contributed by atoms with Gasteiger partial charge in [0, 0.05) is 16.6 Å². The van der Waals surface area contributed by atoms with Gasteiger partial charge in [0.2, 0.25) is 0 Å². The summed E-state index contributed by atoms with van der Waals surface area (Å²) >= 11 is 3.40. The molecule has 1 aromatic carbocycles. The Hall–Kier alpha value is -2.15. The van der Waals surface area contributed by atoms with Crippen molar-refractivity contribution in [2.75, 3.05) is 6.61 Å². The summed E-state index contributed by atoms with van der Waals surface area (Å²) in [6.07, 6.45) is 4.67. The maximum absolute atomic E-state index is 11.6. The second kappa shape index (κ2) is 7.92. The molecule has 0 radical (unpaired) electrons. The van der Waals surface area contributed by atoms with Crippen LogP contribution in [0.1, 0.15) is 24.0 Å². The van der Waals surface area contributed by atoms with Crippen LogP contribution in [0.2, 0.25) is 0 Å². The number of ether oxygens (including phenoxy) is 1. The molecule has 6 nitrogen and oxygen atoms in total. The van der Waals surface area contributed by atoms with Gasteiger partial charge in [-0.05, 0) is 43.0 Å². The number of carbonyl (C=O) groups is 3. The molecule has 1 aliphatic carbocycles. The summed E-state index contributed by atoms with van der Waals surface area (Å²) in [4.78, 5) is 34.3. The van der Waals surface area contributed by atoms with Crippen LogP contribution in [0.5, 0.6) is 0 Å². The molecule has 0 unspecified atom stereocenters. The van der Waals surface area contributed by atoms with Gasteiger partial charge in [-0.15, -0.1) is 0 Å². The molecular formula is C16H17BrN2O4. The predicted molar refractivity (Wildman–Crippen MR) is 88.6 cm³/mol. The van der Waals surface area contributed by atoms with Crippen molar-refractivity contribution in [3.05, 3.63) is 39.9 Å². The van der Waals surface area contributed by atoms with Gasteiger partial charge in [-0.2, -0.15) is 0 Å². The van der Waals surface area contributed by atoms with Gasteiger partial charge in [0.05, 0.1) is 0 Å². The molecule has 3 amide bonds. The molecule has 0 aromatic heterocycles. The van der Waals surface area contributed by atoms with Gasteiger partial charge in [-0.3, -0.25) is 10.1 Å². The van der Waals surface area contributed by atoms with Crippen molar-refractivity contribution in [1.82, 2.24) is 10.6 Å². The zero-order chi connectivity index (χ0) is 16.8. The third-order valence-electron chi connectivity index (χ3n) is 3.07. The van der Waals surface area contributed by atoms with E-state index in [9.17, 15) is 14.4 Å². The Balaban J connectivity index is 1.74. The van der Waals surface area contributed by atoms with Crippen molar-refractivity contribution < 1.29 is 19.1 Å². The molecule has 2 N–H and O–H groups in total. The van der Waals surface area contributed by atoms with E-state index in [4.69, 9.17) is 4.74 Å². The van der Waals surface area contributed by atoms with Crippen molar-refractivity contribution in [2.45, 2.75) is 25.8 Å². The van der Waals surface area contributed by atoms with Gasteiger partial charge in [-0.1, -0.05) is 28.1 Å². The minimum atomic E-state index is -0.665. The van der Waals surface area contributed by atoms with E-state index in [1.165, 1.54) is 6.08 Å². The highest BCUT2D eigenvalue weighted by Gasteiger charge is 2.23. The quantitative estimate of drug-likeness (QED) is 0.606. The van der Waals surface area contributed by atoms with Gasteiger partial charge in [0.1, 0.15) is 0 Å². The van der Waals surface area contributed by atoms with Crippen molar-refractivity contribution in [1.29, 1.82) is 0 Å². The van der Waals surface area contributed by atoms with E-state index >= 15 is 0 Å². The topological polar surface area (TPSA) is 84.5 Å². The van der Waals surface area contributed by atoms with E-state index < -0.39 is 24.5 Å². The Morgan fingerprint density at radius 2 is 2.09 bits per heavy atom. The summed E-state index contributed by atoms with van der Waals surface area (Å²) in [6, 6.07) is 5.30. The number of urea groups is 1. The van der Waals surface area contributed by atoms with Crippen LogP contribution in [0.4, 0.5) is 4.79 Å². The molecule has 1 fully saturated rings. The van der Waals surface area contributed by atoms with E-state index in [1.807, 2.05) is 25.1 Å². The van der Waals surface area contributed by atoms with E-state index in [2.05, 4.69) is 26.6 Å². The van der Waals surface area contributed by atoms with Crippen LogP contribution >= 0.6 is 15.9 Å². The molecule has 0 atom stereocenters. The first-order chi connectivity index (χ1) is 10.9. The van der Waals surface area contributed by atoms with Crippen molar-refractivity contribution in [2.24, 2.45) is 0 Å². The summed E-state index contributed by atoms with van der Waals surface area (Å²) in [6.45, 7) is 1.46. The molecule has 2 rings (SSSR count). The Labute approximate surface area is 142 Å². The number of carbonyl (C=O) groups excluding carboxylic acids is 3. The number of imide groups is 1. The number of rotatable bonds is 5. The van der Waals surface area contributed by atoms with Crippen LogP contribution in [0, 0.1) is 6.92 Å². The maximum atomic E-state index is 11.6. The number of aryl methyl sites for hydroxylation is 1. The van der Waals surface area contributed by atoms with Crippen LogP contribution < -0.4 is 10.6 Å². The lowest BCUT2D eigenvalue weighted by Crippen LogP contribution is -2.42. The summed E-state index contributed by atoms with van der Waals surface area (Å²) < 4.78 is 5.63. The molecule has 0 bridgehead atoms. The number of benzene rings is 1. The van der Waals surface area contributed by atoms with Gasteiger partial charge < -0.3 is 10.1 Å². The average molecular weight is 381 g/mol. The number of amides is 3. The second-order valence-corrected chi connectivity index (χ2v) is 6.12. The molecule has 0 aliphatic heterocycles. The fourth-order valence-electron chi connectivity index (χ4n) is 1.72. The highest BCUT2D eigenvalue weighted by molar-refractivity contribution is 9.10. The van der Waals surface area contributed by atoms with Gasteiger partial charge in [0.25, 0.3) is 5.91 Å². The number of hydrogen-bond donors (Lipinski definition) is 2. The van der Waals surface area contributed by atoms with Crippen molar-refractivity contribution in [3.8, 4) is 0 Å². The molecule has 7 heteroatoms. The lowest BCUT2D eigenvalue weighted by molar-refractivity contribution is -0.143. The average Bonchev–Trinajstić information content (AvgIpc) is 3.28. The largest absolute Gasteiger partial charge is 0.452 e. The van der Waals surface area contributed by atoms with Gasteiger partial charge in [0.15, 0.2) is 6.61 Å². The highest BCUT2D eigenvalue weighted by atomic mass is 79.9. The molecule has 122 valence electrons. The Kier molecular flexibility index (Phi) is 5.92. The minimum absolute atomic E-state index is 0.154. The first-order valence-electron chi connectivity index (χ1n) is 7.15. The van der Waals surface area contributed by atoms with Crippen LogP contribution in [0.3, 0.4) is 0 Å². The molecule has 0 spiro atoms. The Bertz CT molecular complexity index is 653. The molecule has 1 saturated carbocycles. The summed E-state index contributed by atoms with van der Waals surface area (Å²) in [5.74, 6) is -1.32. The zero-order valence-corrected chi connectivity index (χ0v) is 14.2. The predicted octanol–water partition coefficient (Wildman–Crippen LogP) is 2.30. The van der Waals surface area contributed by atoms with E-state index in [0.29, 0.717) is 0 Å². The van der Waals surface area contributed by atoms with E-state index in [0.717, 1.165) is 28.4 Å². The summed E-state index contributed by atoms with van der Waals surface area (Å²) in [5.41, 5.74) is 1.92. The Morgan fingerprint density at radius 1 is 1.35 bits per heavy atom.